The smallest absolute Gasteiger partial charge is 0.146 e. The fourth-order valence-corrected chi connectivity index (χ4v) is 1.48. The lowest BCUT2D eigenvalue weighted by Crippen LogP contribution is -2.36. The number of aliphatic hydroxyl groups is 1. The van der Waals surface area contributed by atoms with Gasteiger partial charge in [-0.1, -0.05) is 0 Å². The molecule has 0 amide bonds. The zero-order chi connectivity index (χ0) is 10.8. The molecule has 1 aromatic rings. The van der Waals surface area contributed by atoms with Crippen molar-refractivity contribution < 1.29 is 9.50 Å². The van der Waals surface area contributed by atoms with Crippen molar-refractivity contribution in [2.45, 2.75) is 18.9 Å². The van der Waals surface area contributed by atoms with E-state index < -0.39 is 11.4 Å². The van der Waals surface area contributed by atoms with E-state index in [4.69, 9.17) is 10.8 Å². The minimum Gasteiger partial charge on any atom is -0.396 e. The van der Waals surface area contributed by atoms with Crippen molar-refractivity contribution in [3.05, 3.63) is 28.2 Å². The maximum absolute atomic E-state index is 13.3. The minimum absolute atomic E-state index is 0.0966. The standard InChI is InChI=1S/C9H12BrFN2O/c1-9(12,4-5-14)8-6(11)2-3-7(10)13-8/h2-3,14H,4-5,12H2,1H3/t9-/m0/s1. The molecule has 1 aromatic heterocycles. The summed E-state index contributed by atoms with van der Waals surface area (Å²) in [5.74, 6) is -0.452. The molecule has 0 aliphatic heterocycles. The normalized spacial score (nSPS) is 15.2. The molecule has 0 unspecified atom stereocenters. The van der Waals surface area contributed by atoms with Gasteiger partial charge in [-0.2, -0.15) is 0 Å². The third-order valence-electron chi connectivity index (χ3n) is 1.98. The van der Waals surface area contributed by atoms with Crippen LogP contribution >= 0.6 is 15.9 Å². The van der Waals surface area contributed by atoms with Gasteiger partial charge >= 0.3 is 0 Å². The first kappa shape index (κ1) is 11.6. The maximum atomic E-state index is 13.3. The van der Waals surface area contributed by atoms with Crippen LogP contribution in [-0.2, 0) is 5.54 Å². The van der Waals surface area contributed by atoms with Crippen molar-refractivity contribution >= 4 is 15.9 Å². The van der Waals surface area contributed by atoms with E-state index in [1.54, 1.807) is 6.92 Å². The summed E-state index contributed by atoms with van der Waals surface area (Å²) >= 11 is 3.14. The molecule has 0 bridgehead atoms. The lowest BCUT2D eigenvalue weighted by Gasteiger charge is -2.23. The van der Waals surface area contributed by atoms with Crippen LogP contribution in [0.2, 0.25) is 0 Å². The van der Waals surface area contributed by atoms with Gasteiger partial charge in [0.15, 0.2) is 0 Å². The predicted molar refractivity (Wildman–Crippen MR) is 55.1 cm³/mol. The van der Waals surface area contributed by atoms with E-state index in [0.717, 1.165) is 0 Å². The zero-order valence-electron chi connectivity index (χ0n) is 7.80. The minimum atomic E-state index is -0.942. The average molecular weight is 263 g/mol. The summed E-state index contributed by atoms with van der Waals surface area (Å²) in [5.41, 5.74) is 5.06. The van der Waals surface area contributed by atoms with Crippen LogP contribution in [0.25, 0.3) is 0 Å². The highest BCUT2D eigenvalue weighted by atomic mass is 79.9. The first-order valence-corrected chi connectivity index (χ1v) is 4.99. The number of nitrogens with two attached hydrogens (primary N) is 1. The van der Waals surface area contributed by atoms with Crippen molar-refractivity contribution in [1.29, 1.82) is 0 Å². The number of aromatic nitrogens is 1. The highest BCUT2D eigenvalue weighted by molar-refractivity contribution is 9.10. The molecule has 0 aliphatic rings. The van der Waals surface area contributed by atoms with Crippen molar-refractivity contribution in [2.24, 2.45) is 5.73 Å². The van der Waals surface area contributed by atoms with E-state index in [1.165, 1.54) is 12.1 Å². The van der Waals surface area contributed by atoms with E-state index in [9.17, 15) is 4.39 Å². The summed E-state index contributed by atoms with van der Waals surface area (Å²) < 4.78 is 13.9. The summed E-state index contributed by atoms with van der Waals surface area (Å²) in [6, 6.07) is 2.81. The monoisotopic (exact) mass is 262 g/mol. The van der Waals surface area contributed by atoms with Crippen LogP contribution in [0.4, 0.5) is 4.39 Å². The molecule has 0 radical (unpaired) electrons. The lowest BCUT2D eigenvalue weighted by atomic mass is 9.94. The second kappa shape index (κ2) is 4.33. The third-order valence-corrected chi connectivity index (χ3v) is 2.43. The van der Waals surface area contributed by atoms with Gasteiger partial charge in [-0.05, 0) is 41.4 Å². The van der Waals surface area contributed by atoms with Crippen molar-refractivity contribution in [2.75, 3.05) is 6.61 Å². The molecule has 3 nitrogen and oxygen atoms in total. The largest absolute Gasteiger partial charge is 0.396 e. The molecule has 0 saturated carbocycles. The number of nitrogens with zero attached hydrogens (tertiary/aromatic N) is 1. The zero-order valence-corrected chi connectivity index (χ0v) is 9.38. The first-order valence-electron chi connectivity index (χ1n) is 4.19. The van der Waals surface area contributed by atoms with Crippen LogP contribution in [0.15, 0.2) is 16.7 Å². The van der Waals surface area contributed by atoms with Crippen molar-refractivity contribution in [3.63, 3.8) is 0 Å². The van der Waals surface area contributed by atoms with Gasteiger partial charge in [0.2, 0.25) is 0 Å². The van der Waals surface area contributed by atoms with Crippen LogP contribution in [0, 0.1) is 5.82 Å². The second-order valence-corrected chi connectivity index (χ2v) is 4.17. The number of aliphatic hydroxyl groups excluding tert-OH is 1. The summed E-state index contributed by atoms with van der Waals surface area (Å²) in [7, 11) is 0. The second-order valence-electron chi connectivity index (χ2n) is 3.36. The fourth-order valence-electron chi connectivity index (χ4n) is 1.17. The van der Waals surface area contributed by atoms with Crippen LogP contribution < -0.4 is 5.73 Å². The highest BCUT2D eigenvalue weighted by Gasteiger charge is 2.26. The van der Waals surface area contributed by atoms with Gasteiger partial charge < -0.3 is 10.8 Å². The van der Waals surface area contributed by atoms with Gasteiger partial charge in [0.25, 0.3) is 0 Å². The van der Waals surface area contributed by atoms with Gasteiger partial charge in [0.1, 0.15) is 10.4 Å². The Kier molecular flexibility index (Phi) is 3.58. The van der Waals surface area contributed by atoms with Crippen molar-refractivity contribution in [3.8, 4) is 0 Å². The van der Waals surface area contributed by atoms with Gasteiger partial charge in [0, 0.05) is 6.61 Å². The predicted octanol–water partition coefficient (Wildman–Crippen LogP) is 1.54. The van der Waals surface area contributed by atoms with Crippen molar-refractivity contribution in [1.82, 2.24) is 4.98 Å². The van der Waals surface area contributed by atoms with Gasteiger partial charge in [-0.3, -0.25) is 0 Å². The molecular formula is C9H12BrFN2O. The molecule has 1 heterocycles. The van der Waals surface area contributed by atoms with Gasteiger partial charge in [-0.25, -0.2) is 9.37 Å². The van der Waals surface area contributed by atoms with Crippen LogP contribution in [-0.4, -0.2) is 16.7 Å². The Morgan fingerprint density at radius 2 is 2.29 bits per heavy atom. The maximum Gasteiger partial charge on any atom is 0.146 e. The van der Waals surface area contributed by atoms with Gasteiger partial charge in [-0.15, -0.1) is 0 Å². The number of hydrogen-bond donors (Lipinski definition) is 2. The van der Waals surface area contributed by atoms with Crippen LogP contribution in [0.1, 0.15) is 19.0 Å². The Morgan fingerprint density at radius 1 is 1.64 bits per heavy atom. The Bertz CT molecular complexity index is 331. The molecule has 0 fully saturated rings. The number of rotatable bonds is 3. The number of hydrogen-bond acceptors (Lipinski definition) is 3. The Hall–Kier alpha value is -0.520. The lowest BCUT2D eigenvalue weighted by molar-refractivity contribution is 0.242. The molecule has 0 aromatic carbocycles. The van der Waals surface area contributed by atoms with E-state index in [1.807, 2.05) is 0 Å². The van der Waals surface area contributed by atoms with Crippen LogP contribution in [0.3, 0.4) is 0 Å². The Balaban J connectivity index is 3.10. The quantitative estimate of drug-likeness (QED) is 0.813. The molecule has 3 N–H and O–H groups in total. The molecule has 78 valence electrons. The Morgan fingerprint density at radius 3 is 2.86 bits per heavy atom. The molecule has 0 spiro atoms. The molecular weight excluding hydrogens is 251 g/mol. The SMILES string of the molecule is C[C@](N)(CCO)c1nc(Br)ccc1F. The molecule has 14 heavy (non-hydrogen) atoms. The Labute approximate surface area is 90.3 Å². The molecule has 0 aliphatic carbocycles. The van der Waals surface area contributed by atoms with E-state index in [0.29, 0.717) is 4.60 Å². The summed E-state index contributed by atoms with van der Waals surface area (Å²) in [6.07, 6.45) is 0.271. The van der Waals surface area contributed by atoms with Gasteiger partial charge in [0.05, 0.1) is 11.2 Å². The van der Waals surface area contributed by atoms with Crippen LogP contribution in [0.5, 0.6) is 0 Å². The fraction of sp³-hybridized carbons (Fsp3) is 0.444. The number of halogens is 2. The average Bonchev–Trinajstić information content (AvgIpc) is 2.09. The molecule has 5 heteroatoms. The molecule has 1 atom stereocenters. The summed E-state index contributed by atoms with van der Waals surface area (Å²) in [5, 5.41) is 8.78. The van der Waals surface area contributed by atoms with E-state index >= 15 is 0 Å². The highest BCUT2D eigenvalue weighted by Crippen LogP contribution is 2.23. The topological polar surface area (TPSA) is 59.1 Å². The molecule has 0 saturated heterocycles. The number of pyridine rings is 1. The molecule has 1 rings (SSSR count). The first-order chi connectivity index (χ1) is 6.47. The van der Waals surface area contributed by atoms with E-state index in [-0.39, 0.29) is 18.7 Å². The van der Waals surface area contributed by atoms with E-state index in [2.05, 4.69) is 20.9 Å². The summed E-state index contributed by atoms with van der Waals surface area (Å²) in [6.45, 7) is 1.54. The summed E-state index contributed by atoms with van der Waals surface area (Å²) in [4.78, 5) is 3.97. The third kappa shape index (κ3) is 2.50.